The smallest absolute Gasteiger partial charge is 0.140 e. The minimum Gasteiger partial charge on any atom is -0.358 e. The molecule has 0 amide bonds. The van der Waals surface area contributed by atoms with Crippen LogP contribution in [0.25, 0.3) is 10.9 Å². The fraction of sp³-hybridized carbons (Fsp3) is 0.263. The van der Waals surface area contributed by atoms with Gasteiger partial charge in [0.25, 0.3) is 0 Å². The zero-order chi connectivity index (χ0) is 16.2. The lowest BCUT2D eigenvalue weighted by atomic mass is 10.1. The zero-order valence-corrected chi connectivity index (χ0v) is 13.5. The van der Waals surface area contributed by atoms with E-state index in [9.17, 15) is 0 Å². The third-order valence-electron chi connectivity index (χ3n) is 4.14. The summed E-state index contributed by atoms with van der Waals surface area (Å²) < 4.78 is 0. The van der Waals surface area contributed by atoms with Crippen molar-refractivity contribution < 1.29 is 0 Å². The highest BCUT2D eigenvalue weighted by molar-refractivity contribution is 5.87. The van der Waals surface area contributed by atoms with Crippen LogP contribution in [0.4, 0.5) is 0 Å². The first-order chi connectivity index (χ1) is 11.2. The van der Waals surface area contributed by atoms with E-state index in [2.05, 4.69) is 53.4 Å². The van der Waals surface area contributed by atoms with E-state index in [1.807, 2.05) is 12.1 Å². The number of aryl methyl sites for hydroxylation is 2. The van der Waals surface area contributed by atoms with Gasteiger partial charge in [0, 0.05) is 23.1 Å². The van der Waals surface area contributed by atoms with Gasteiger partial charge in [-0.3, -0.25) is 0 Å². The van der Waals surface area contributed by atoms with Crippen molar-refractivity contribution >= 4 is 10.9 Å². The van der Waals surface area contributed by atoms with Crippen LogP contribution < -0.4 is 5.32 Å². The zero-order valence-electron chi connectivity index (χ0n) is 13.5. The lowest BCUT2D eigenvalue weighted by Gasteiger charge is -2.05. The third kappa shape index (κ3) is 3.25. The third-order valence-corrected chi connectivity index (χ3v) is 4.14. The van der Waals surface area contributed by atoms with Crippen molar-refractivity contribution in [3.63, 3.8) is 0 Å². The minimum atomic E-state index is 0.465. The first-order valence-electron chi connectivity index (χ1n) is 7.82. The van der Waals surface area contributed by atoms with Crippen LogP contribution in [-0.4, -0.2) is 16.5 Å². The Morgan fingerprint density at radius 2 is 2.00 bits per heavy atom. The topological polar surface area (TPSA) is 64.5 Å². The van der Waals surface area contributed by atoms with Crippen molar-refractivity contribution in [1.82, 2.24) is 15.3 Å². The molecule has 2 aromatic heterocycles. The van der Waals surface area contributed by atoms with E-state index in [0.29, 0.717) is 12.2 Å². The maximum atomic E-state index is 8.88. The van der Waals surface area contributed by atoms with Gasteiger partial charge < -0.3 is 10.3 Å². The number of nitrogens with zero attached hydrogens (tertiary/aromatic N) is 2. The molecule has 0 fully saturated rings. The fourth-order valence-corrected chi connectivity index (χ4v) is 2.94. The molecule has 2 heterocycles. The molecule has 23 heavy (non-hydrogen) atoms. The summed E-state index contributed by atoms with van der Waals surface area (Å²) in [5.74, 6) is 0. The first-order valence-corrected chi connectivity index (χ1v) is 7.82. The minimum absolute atomic E-state index is 0.465. The summed E-state index contributed by atoms with van der Waals surface area (Å²) in [6, 6.07) is 14.0. The van der Waals surface area contributed by atoms with Crippen molar-refractivity contribution in [3.8, 4) is 6.07 Å². The summed E-state index contributed by atoms with van der Waals surface area (Å²) in [6.45, 7) is 5.82. The average Bonchev–Trinajstić information content (AvgIpc) is 2.89. The Morgan fingerprint density at radius 3 is 2.83 bits per heavy atom. The quantitative estimate of drug-likeness (QED) is 0.710. The molecule has 4 nitrogen and oxygen atoms in total. The van der Waals surface area contributed by atoms with Crippen LogP contribution in [0.2, 0.25) is 0 Å². The second-order valence-corrected chi connectivity index (χ2v) is 5.78. The molecule has 0 saturated carbocycles. The SMILES string of the molecule is Cc1[nH]c2c(C)cccc2c1CCNCc1cccc(C#N)n1. The molecule has 0 aliphatic carbocycles. The second-order valence-electron chi connectivity index (χ2n) is 5.78. The van der Waals surface area contributed by atoms with Gasteiger partial charge in [0.1, 0.15) is 11.8 Å². The lowest BCUT2D eigenvalue weighted by Crippen LogP contribution is -2.17. The van der Waals surface area contributed by atoms with Gasteiger partial charge in [-0.05, 0) is 50.1 Å². The summed E-state index contributed by atoms with van der Waals surface area (Å²) in [5.41, 5.74) is 6.49. The number of nitrogens with one attached hydrogen (secondary N) is 2. The Morgan fingerprint density at radius 1 is 1.17 bits per heavy atom. The fourth-order valence-electron chi connectivity index (χ4n) is 2.94. The van der Waals surface area contributed by atoms with Crippen molar-refractivity contribution in [2.75, 3.05) is 6.54 Å². The number of fused-ring (bicyclic) bond motifs is 1. The van der Waals surface area contributed by atoms with Gasteiger partial charge in [-0.2, -0.15) is 5.26 Å². The number of hydrogen-bond acceptors (Lipinski definition) is 3. The van der Waals surface area contributed by atoms with Crippen LogP contribution in [0.3, 0.4) is 0 Å². The summed E-state index contributed by atoms with van der Waals surface area (Å²) in [6.07, 6.45) is 0.966. The maximum Gasteiger partial charge on any atom is 0.140 e. The number of hydrogen-bond donors (Lipinski definition) is 2. The van der Waals surface area contributed by atoms with E-state index in [1.54, 1.807) is 6.07 Å². The number of pyridine rings is 1. The highest BCUT2D eigenvalue weighted by Crippen LogP contribution is 2.24. The normalized spacial score (nSPS) is 10.8. The van der Waals surface area contributed by atoms with Crippen molar-refractivity contribution in [1.29, 1.82) is 5.26 Å². The largest absolute Gasteiger partial charge is 0.358 e. The number of rotatable bonds is 5. The van der Waals surface area contributed by atoms with Gasteiger partial charge >= 0.3 is 0 Å². The molecule has 3 rings (SSSR count). The molecule has 116 valence electrons. The summed E-state index contributed by atoms with van der Waals surface area (Å²) in [5, 5.41) is 13.6. The maximum absolute atomic E-state index is 8.88. The molecule has 3 aromatic rings. The standard InChI is InChI=1S/C19H20N4/c1-13-5-3-8-18-17(14(2)22-19(13)18)9-10-21-12-16-7-4-6-15(11-20)23-16/h3-8,21-22H,9-10,12H2,1-2H3. The highest BCUT2D eigenvalue weighted by Gasteiger charge is 2.09. The van der Waals surface area contributed by atoms with Gasteiger partial charge in [-0.1, -0.05) is 24.3 Å². The predicted molar refractivity (Wildman–Crippen MR) is 92.1 cm³/mol. The predicted octanol–water partition coefficient (Wildman–Crippen LogP) is 3.38. The summed E-state index contributed by atoms with van der Waals surface area (Å²) in [7, 11) is 0. The molecule has 0 aliphatic rings. The second kappa shape index (κ2) is 6.64. The van der Waals surface area contributed by atoms with Crippen LogP contribution in [0.15, 0.2) is 36.4 Å². The monoisotopic (exact) mass is 304 g/mol. The molecule has 0 saturated heterocycles. The van der Waals surface area contributed by atoms with E-state index in [-0.39, 0.29) is 0 Å². The summed E-state index contributed by atoms with van der Waals surface area (Å²) >= 11 is 0. The number of aromatic nitrogens is 2. The van der Waals surface area contributed by atoms with E-state index < -0.39 is 0 Å². The lowest BCUT2D eigenvalue weighted by molar-refractivity contribution is 0.674. The van der Waals surface area contributed by atoms with Crippen LogP contribution in [0, 0.1) is 25.2 Å². The number of aromatic amines is 1. The Bertz CT molecular complexity index is 871. The number of para-hydroxylation sites is 1. The average molecular weight is 304 g/mol. The highest BCUT2D eigenvalue weighted by atomic mass is 14.9. The first kappa shape index (κ1) is 15.3. The van der Waals surface area contributed by atoms with E-state index in [1.165, 1.54) is 27.7 Å². The summed E-state index contributed by atoms with van der Waals surface area (Å²) in [4.78, 5) is 7.77. The van der Waals surface area contributed by atoms with Crippen molar-refractivity contribution in [2.24, 2.45) is 0 Å². The van der Waals surface area contributed by atoms with Gasteiger partial charge in [0.2, 0.25) is 0 Å². The van der Waals surface area contributed by atoms with Gasteiger partial charge in [0.15, 0.2) is 0 Å². The molecule has 0 atom stereocenters. The molecule has 0 radical (unpaired) electrons. The molecule has 4 heteroatoms. The molecule has 0 unspecified atom stereocenters. The Hall–Kier alpha value is -2.64. The number of H-pyrrole nitrogens is 1. The molecule has 2 N–H and O–H groups in total. The van der Waals surface area contributed by atoms with E-state index in [4.69, 9.17) is 5.26 Å². The Balaban J connectivity index is 1.64. The number of nitriles is 1. The van der Waals surface area contributed by atoms with Crippen LogP contribution in [-0.2, 0) is 13.0 Å². The van der Waals surface area contributed by atoms with Gasteiger partial charge in [-0.25, -0.2) is 4.98 Å². The molecule has 0 spiro atoms. The van der Waals surface area contributed by atoms with Crippen molar-refractivity contribution in [3.05, 3.63) is 64.6 Å². The molecular weight excluding hydrogens is 284 g/mol. The Kier molecular flexibility index (Phi) is 4.40. The van der Waals surface area contributed by atoms with Crippen LogP contribution in [0.1, 0.15) is 28.2 Å². The van der Waals surface area contributed by atoms with Gasteiger partial charge in [-0.15, -0.1) is 0 Å². The molecule has 0 bridgehead atoms. The Labute approximate surface area is 136 Å². The molecule has 1 aromatic carbocycles. The van der Waals surface area contributed by atoms with E-state index in [0.717, 1.165) is 18.7 Å². The number of benzene rings is 1. The van der Waals surface area contributed by atoms with Crippen LogP contribution in [0.5, 0.6) is 0 Å². The molecular formula is C19H20N4. The van der Waals surface area contributed by atoms with E-state index >= 15 is 0 Å². The van der Waals surface area contributed by atoms with Crippen molar-refractivity contribution in [2.45, 2.75) is 26.8 Å². The van der Waals surface area contributed by atoms with Gasteiger partial charge in [0.05, 0.1) is 5.69 Å². The van der Waals surface area contributed by atoms with Crippen LogP contribution >= 0.6 is 0 Å². The molecule has 0 aliphatic heterocycles.